The summed E-state index contributed by atoms with van der Waals surface area (Å²) in [6.07, 6.45) is 0. The van der Waals surface area contributed by atoms with Gasteiger partial charge in [-0.1, -0.05) is 38.1 Å². The molecule has 0 amide bonds. The monoisotopic (exact) mass is 206 g/mol. The SMILES string of the molecule is CN(C)CC(C)(C)c1ccc(CN)cc1. The van der Waals surface area contributed by atoms with Crippen LogP contribution in [0.3, 0.4) is 0 Å². The molecule has 0 heterocycles. The van der Waals surface area contributed by atoms with Crippen molar-refractivity contribution < 1.29 is 0 Å². The third-order valence-electron chi connectivity index (χ3n) is 2.68. The highest BCUT2D eigenvalue weighted by molar-refractivity contribution is 5.28. The minimum absolute atomic E-state index is 0.191. The van der Waals surface area contributed by atoms with E-state index in [0.717, 1.165) is 6.54 Å². The molecule has 1 aromatic rings. The van der Waals surface area contributed by atoms with Crippen molar-refractivity contribution in [1.82, 2.24) is 4.90 Å². The lowest BCUT2D eigenvalue weighted by molar-refractivity contribution is 0.315. The zero-order valence-corrected chi connectivity index (χ0v) is 10.2. The summed E-state index contributed by atoms with van der Waals surface area (Å²) in [5.74, 6) is 0. The van der Waals surface area contributed by atoms with Crippen molar-refractivity contribution in [3.05, 3.63) is 35.4 Å². The quantitative estimate of drug-likeness (QED) is 0.816. The zero-order valence-electron chi connectivity index (χ0n) is 10.2. The Kier molecular flexibility index (Phi) is 3.89. The fraction of sp³-hybridized carbons (Fsp3) is 0.538. The molecular formula is C13H22N2. The van der Waals surface area contributed by atoms with Gasteiger partial charge in [-0.25, -0.2) is 0 Å². The van der Waals surface area contributed by atoms with Crippen molar-refractivity contribution in [2.45, 2.75) is 25.8 Å². The van der Waals surface area contributed by atoms with Gasteiger partial charge in [-0.05, 0) is 25.2 Å². The molecule has 0 saturated heterocycles. The number of nitrogens with zero attached hydrogens (tertiary/aromatic N) is 1. The van der Waals surface area contributed by atoms with E-state index < -0.39 is 0 Å². The summed E-state index contributed by atoms with van der Waals surface area (Å²) < 4.78 is 0. The highest BCUT2D eigenvalue weighted by Gasteiger charge is 2.20. The molecule has 84 valence electrons. The summed E-state index contributed by atoms with van der Waals surface area (Å²) in [5, 5.41) is 0. The van der Waals surface area contributed by atoms with Gasteiger partial charge in [-0.2, -0.15) is 0 Å². The maximum absolute atomic E-state index is 5.58. The second-order valence-electron chi connectivity index (χ2n) is 5.02. The van der Waals surface area contributed by atoms with Crippen LogP contribution in [0.25, 0.3) is 0 Å². The van der Waals surface area contributed by atoms with Crippen LogP contribution < -0.4 is 5.73 Å². The van der Waals surface area contributed by atoms with Crippen LogP contribution in [0.15, 0.2) is 24.3 Å². The first-order chi connectivity index (χ1) is 6.95. The van der Waals surface area contributed by atoms with Gasteiger partial charge >= 0.3 is 0 Å². The van der Waals surface area contributed by atoms with Crippen LogP contribution in [-0.2, 0) is 12.0 Å². The van der Waals surface area contributed by atoms with E-state index in [0.29, 0.717) is 6.54 Å². The molecule has 0 fully saturated rings. The third kappa shape index (κ3) is 3.33. The van der Waals surface area contributed by atoms with Crippen LogP contribution in [0.4, 0.5) is 0 Å². The predicted molar refractivity (Wildman–Crippen MR) is 65.9 cm³/mol. The van der Waals surface area contributed by atoms with E-state index in [2.05, 4.69) is 57.1 Å². The molecule has 1 rings (SSSR count). The molecule has 0 aliphatic rings. The standard InChI is InChI=1S/C13H22N2/c1-13(2,10-15(3)4)12-7-5-11(9-14)6-8-12/h5-8H,9-10,14H2,1-4H3. The van der Waals surface area contributed by atoms with Crippen molar-refractivity contribution in [3.8, 4) is 0 Å². The Balaban J connectivity index is 2.85. The fourth-order valence-corrected chi connectivity index (χ4v) is 1.97. The molecule has 0 saturated carbocycles. The molecule has 0 radical (unpaired) electrons. The molecule has 0 spiro atoms. The molecule has 0 aliphatic carbocycles. The van der Waals surface area contributed by atoms with E-state index in [1.165, 1.54) is 11.1 Å². The van der Waals surface area contributed by atoms with Crippen LogP contribution in [0.1, 0.15) is 25.0 Å². The number of nitrogens with two attached hydrogens (primary N) is 1. The molecular weight excluding hydrogens is 184 g/mol. The van der Waals surface area contributed by atoms with E-state index in [9.17, 15) is 0 Å². The molecule has 1 aromatic carbocycles. The second kappa shape index (κ2) is 4.77. The normalized spacial score (nSPS) is 12.1. The topological polar surface area (TPSA) is 29.3 Å². The predicted octanol–water partition coefficient (Wildman–Crippen LogP) is 1.98. The summed E-state index contributed by atoms with van der Waals surface area (Å²) in [5.41, 5.74) is 8.34. The highest BCUT2D eigenvalue weighted by atomic mass is 15.1. The van der Waals surface area contributed by atoms with Gasteiger partial charge in [-0.15, -0.1) is 0 Å². The van der Waals surface area contributed by atoms with Crippen LogP contribution in [0, 0.1) is 0 Å². The van der Waals surface area contributed by atoms with Crippen LogP contribution in [0.2, 0.25) is 0 Å². The van der Waals surface area contributed by atoms with Crippen LogP contribution >= 0.6 is 0 Å². The average Bonchev–Trinajstić information content (AvgIpc) is 2.16. The first-order valence-electron chi connectivity index (χ1n) is 5.40. The van der Waals surface area contributed by atoms with Crippen LogP contribution in [0.5, 0.6) is 0 Å². The minimum Gasteiger partial charge on any atom is -0.326 e. The van der Waals surface area contributed by atoms with Crippen molar-refractivity contribution in [2.75, 3.05) is 20.6 Å². The molecule has 0 aromatic heterocycles. The van der Waals surface area contributed by atoms with Gasteiger partial charge in [0.1, 0.15) is 0 Å². The number of rotatable bonds is 4. The van der Waals surface area contributed by atoms with E-state index in [-0.39, 0.29) is 5.41 Å². The lowest BCUT2D eigenvalue weighted by atomic mass is 9.84. The summed E-state index contributed by atoms with van der Waals surface area (Å²) in [6, 6.07) is 8.61. The molecule has 2 nitrogen and oxygen atoms in total. The van der Waals surface area contributed by atoms with Crippen LogP contribution in [-0.4, -0.2) is 25.5 Å². The van der Waals surface area contributed by atoms with Gasteiger partial charge in [-0.3, -0.25) is 0 Å². The summed E-state index contributed by atoms with van der Waals surface area (Å²) in [7, 11) is 4.21. The van der Waals surface area contributed by atoms with E-state index in [1.807, 2.05) is 0 Å². The Bertz CT molecular complexity index is 299. The van der Waals surface area contributed by atoms with Gasteiger partial charge < -0.3 is 10.6 Å². The van der Waals surface area contributed by atoms with Crippen molar-refractivity contribution >= 4 is 0 Å². The minimum atomic E-state index is 0.191. The Hall–Kier alpha value is -0.860. The van der Waals surface area contributed by atoms with Gasteiger partial charge in [0.05, 0.1) is 0 Å². The Morgan fingerprint density at radius 1 is 1.13 bits per heavy atom. The Labute approximate surface area is 93.1 Å². The molecule has 0 atom stereocenters. The maximum Gasteiger partial charge on any atom is 0.0178 e. The Morgan fingerprint density at radius 2 is 1.67 bits per heavy atom. The summed E-state index contributed by atoms with van der Waals surface area (Å²) >= 11 is 0. The lowest BCUT2D eigenvalue weighted by Gasteiger charge is -2.29. The zero-order chi connectivity index (χ0) is 11.5. The number of hydrogen-bond acceptors (Lipinski definition) is 2. The van der Waals surface area contributed by atoms with E-state index in [4.69, 9.17) is 5.73 Å². The van der Waals surface area contributed by atoms with Gasteiger partial charge in [0.15, 0.2) is 0 Å². The lowest BCUT2D eigenvalue weighted by Crippen LogP contribution is -2.32. The number of hydrogen-bond donors (Lipinski definition) is 1. The first-order valence-corrected chi connectivity index (χ1v) is 5.40. The largest absolute Gasteiger partial charge is 0.326 e. The van der Waals surface area contributed by atoms with Crippen molar-refractivity contribution in [2.24, 2.45) is 5.73 Å². The Morgan fingerprint density at radius 3 is 2.07 bits per heavy atom. The second-order valence-corrected chi connectivity index (χ2v) is 5.02. The number of benzene rings is 1. The van der Waals surface area contributed by atoms with Gasteiger partial charge in [0, 0.05) is 18.5 Å². The van der Waals surface area contributed by atoms with Gasteiger partial charge in [0.25, 0.3) is 0 Å². The molecule has 0 unspecified atom stereocenters. The smallest absolute Gasteiger partial charge is 0.0178 e. The summed E-state index contributed by atoms with van der Waals surface area (Å²) in [6.45, 7) is 6.21. The molecule has 15 heavy (non-hydrogen) atoms. The molecule has 0 aliphatic heterocycles. The highest BCUT2D eigenvalue weighted by Crippen LogP contribution is 2.23. The third-order valence-corrected chi connectivity index (χ3v) is 2.68. The first kappa shape index (κ1) is 12.2. The molecule has 2 N–H and O–H groups in total. The van der Waals surface area contributed by atoms with Gasteiger partial charge in [0.2, 0.25) is 0 Å². The van der Waals surface area contributed by atoms with E-state index in [1.54, 1.807) is 0 Å². The van der Waals surface area contributed by atoms with Crippen molar-refractivity contribution in [1.29, 1.82) is 0 Å². The summed E-state index contributed by atoms with van der Waals surface area (Å²) in [4.78, 5) is 2.22. The van der Waals surface area contributed by atoms with E-state index >= 15 is 0 Å². The number of likely N-dealkylation sites (N-methyl/N-ethyl adjacent to an activating group) is 1. The molecule has 0 bridgehead atoms. The average molecular weight is 206 g/mol. The molecule has 2 heteroatoms. The van der Waals surface area contributed by atoms with Crippen molar-refractivity contribution in [3.63, 3.8) is 0 Å². The maximum atomic E-state index is 5.58. The fourth-order valence-electron chi connectivity index (χ4n) is 1.97.